The molecule has 2 heterocycles. The number of ether oxygens (including phenoxy) is 5. The molecule has 8 aromatic carbocycles. The minimum Gasteiger partial charge on any atom is -0.870 e. The van der Waals surface area contributed by atoms with Gasteiger partial charge in [0, 0.05) is 31.8 Å². The second kappa shape index (κ2) is 39.1. The van der Waals surface area contributed by atoms with Crippen molar-refractivity contribution in [1.29, 1.82) is 0 Å². The Morgan fingerprint density at radius 2 is 0.909 bits per heavy atom. The van der Waals surface area contributed by atoms with Crippen LogP contribution < -0.4 is 49.5 Å². The SMILES string of the molecule is C.CCN(c1ccccc1C(=O)OC)c1ccc(C(=O)OC)cc1[N+](=O)[O-].CCN1c2ccc(C(=O)O)cc2NC(=O)c2ccccc21.CCN1c2ccc(C(=O)OC)cc2NC(=O)c2ccccc21.COC(=O)c1ccc(Nc2ccccc2C(=O)OC)c([N+](=O)[O-])c1.O.[2H]CF.[Li+].[OH-]. The number of para-hydroxylation sites is 4. The molecule has 2 aliphatic heterocycles. The van der Waals surface area contributed by atoms with Crippen molar-refractivity contribution in [3.63, 3.8) is 0 Å². The number of nitrogens with one attached hydrogen (secondary N) is 3. The second-order valence-electron chi connectivity index (χ2n) is 19.5. The van der Waals surface area contributed by atoms with Crippen LogP contribution in [0.1, 0.15) is 112 Å². The number of hydrogen-bond donors (Lipinski definition) is 4. The average molecular weight is 1360 g/mol. The van der Waals surface area contributed by atoms with Crippen LogP contribution in [0.15, 0.2) is 170 Å². The molecule has 99 heavy (non-hydrogen) atoms. The molecule has 0 unspecified atom stereocenters. The molecule has 2 amide bonds. The topological polar surface area (TPSA) is 397 Å². The number of anilines is 10. The smallest absolute Gasteiger partial charge is 0.870 e. The maximum absolute atomic E-state index is 12.4. The normalized spacial score (nSPS) is 10.9. The summed E-state index contributed by atoms with van der Waals surface area (Å²) in [6.07, 6.45) is 0. The summed E-state index contributed by atoms with van der Waals surface area (Å²) in [7, 11) is 5.23. The number of aromatic carboxylic acids is 1. The quantitative estimate of drug-likeness (QED) is 0.0244. The van der Waals surface area contributed by atoms with Gasteiger partial charge in [-0.1, -0.05) is 56.0 Å². The second-order valence-corrected chi connectivity index (χ2v) is 19.5. The zero-order chi connectivity index (χ0) is 70.3. The Morgan fingerprint density at radius 1 is 0.525 bits per heavy atom. The van der Waals surface area contributed by atoms with Crippen molar-refractivity contribution in [3.8, 4) is 0 Å². The van der Waals surface area contributed by atoms with Crippen molar-refractivity contribution in [1.82, 2.24) is 0 Å². The molecule has 0 spiro atoms. The van der Waals surface area contributed by atoms with Crippen LogP contribution in [0.3, 0.4) is 0 Å². The van der Waals surface area contributed by atoms with Crippen LogP contribution in [0, 0.1) is 20.2 Å². The predicted molar refractivity (Wildman–Crippen MR) is 365 cm³/mol. The Balaban J connectivity index is 0.000000442. The maximum Gasteiger partial charge on any atom is 1.00 e. The van der Waals surface area contributed by atoms with Gasteiger partial charge in [0.05, 0.1) is 144 Å². The number of hydrogen-bond acceptors (Lipinski definition) is 22. The molecule has 28 nitrogen and oxygen atoms in total. The molecule has 0 saturated heterocycles. The fourth-order valence-electron chi connectivity index (χ4n) is 9.91. The Hall–Kier alpha value is -12.0. The monoisotopic (exact) mass is 1360 g/mol. The average Bonchev–Trinajstić information content (AvgIpc) is 1.54. The number of halogens is 1. The minimum atomic E-state index is -1.02. The molecule has 516 valence electrons. The maximum atomic E-state index is 12.4. The van der Waals surface area contributed by atoms with E-state index in [1.165, 1.54) is 71.9 Å². The van der Waals surface area contributed by atoms with E-state index in [0.29, 0.717) is 59.1 Å². The van der Waals surface area contributed by atoms with Crippen molar-refractivity contribution >= 4 is 116 Å². The molecule has 0 saturated carbocycles. The molecule has 0 radical (unpaired) electrons. The van der Waals surface area contributed by atoms with Gasteiger partial charge in [-0.15, -0.1) is 0 Å². The number of nitro benzene ring substituents is 2. The molecular formula is C69H72FLiN8O20. The first-order valence-electron chi connectivity index (χ1n) is 29.2. The van der Waals surface area contributed by atoms with Crippen molar-refractivity contribution in [2.45, 2.75) is 28.2 Å². The van der Waals surface area contributed by atoms with Crippen LogP contribution in [0.5, 0.6) is 0 Å². The number of esters is 5. The zero-order valence-corrected chi connectivity index (χ0v) is 54.4. The van der Waals surface area contributed by atoms with Crippen LogP contribution in [-0.2, 0) is 23.7 Å². The van der Waals surface area contributed by atoms with E-state index in [9.17, 15) is 63.0 Å². The first-order chi connectivity index (χ1) is 46.1. The Bertz CT molecular complexity index is 4260. The number of fused-ring (bicyclic) bond motifs is 4. The number of nitrogens with zero attached hydrogens (tertiary/aromatic N) is 5. The summed E-state index contributed by atoms with van der Waals surface area (Å²) < 4.78 is 38.9. The number of carboxylic acids is 1. The van der Waals surface area contributed by atoms with Gasteiger partial charge in [-0.05, 0) is 130 Å². The standard InChI is InChI=1S/C18H18N2O6.C17H16N2O3.C16H14N2O6.C16H14N2O3.CH3F.CH4.Li.2H2O/c1-4-19(14-8-6-5-7-13(14)18(22)26-3)15-10-9-12(17(21)25-2)11-16(15)20(23)24;1-3-19-14-7-5-4-6-12(14)16(20)18-13-10-11(17(21)22-2)8-9-15(13)19;1-23-15(19)10-7-8-13(14(9-10)18(21)22)17-12-6-4-3-5-11(12)16(20)24-2;1-2-18-13-6-4-3-5-11(13)15(19)17-12-9-10(16(20)21)7-8-14(12)18;1-2;;;;/h5-11H,4H2,1-3H3;4-10H,3H2,1-2H3,(H,18,20);3-9,17H,1-2H3;3-9H,2H2,1H3,(H,17,19)(H,20,21);1H3;1H4;;2*1H2/q;;;;;;+1;;/p-1/i;;;;1D;;;;. The third-order valence-electron chi connectivity index (χ3n) is 14.3. The van der Waals surface area contributed by atoms with Crippen LogP contribution in [-0.4, -0.2) is 136 Å². The van der Waals surface area contributed by atoms with Crippen molar-refractivity contribution in [2.24, 2.45) is 0 Å². The molecule has 0 fully saturated rings. The molecule has 0 aromatic heterocycles. The molecule has 0 aliphatic carbocycles. The molecule has 30 heteroatoms. The zero-order valence-electron chi connectivity index (χ0n) is 55.4. The van der Waals surface area contributed by atoms with Gasteiger partial charge in [-0.3, -0.25) is 34.2 Å². The van der Waals surface area contributed by atoms with E-state index in [2.05, 4.69) is 30.2 Å². The van der Waals surface area contributed by atoms with Gasteiger partial charge in [0.1, 0.15) is 11.4 Å². The molecule has 10 rings (SSSR count). The van der Waals surface area contributed by atoms with Crippen molar-refractivity contribution < 1.29 is 113 Å². The molecule has 0 atom stereocenters. The van der Waals surface area contributed by atoms with Crippen molar-refractivity contribution in [3.05, 3.63) is 235 Å². The summed E-state index contributed by atoms with van der Waals surface area (Å²) in [6, 6.07) is 45.7. The van der Waals surface area contributed by atoms with Gasteiger partial charge >= 0.3 is 54.7 Å². The van der Waals surface area contributed by atoms with E-state index < -0.39 is 52.8 Å². The van der Waals surface area contributed by atoms with Crippen LogP contribution >= 0.6 is 0 Å². The first kappa shape index (κ1) is 81.2. The van der Waals surface area contributed by atoms with Gasteiger partial charge in [0.15, 0.2) is 0 Å². The number of rotatable bonds is 15. The third-order valence-corrected chi connectivity index (χ3v) is 14.3. The first-order valence-corrected chi connectivity index (χ1v) is 28.5. The van der Waals surface area contributed by atoms with Gasteiger partial charge in [0.25, 0.3) is 23.2 Å². The Labute approximate surface area is 581 Å². The Morgan fingerprint density at radius 3 is 1.36 bits per heavy atom. The Kier molecular flexibility index (Phi) is 32.1. The number of carbonyl (C=O) groups excluding carboxylic acids is 7. The summed E-state index contributed by atoms with van der Waals surface area (Å²) in [5.74, 6) is -4.34. The molecule has 2 aliphatic rings. The fourth-order valence-corrected chi connectivity index (χ4v) is 9.91. The van der Waals surface area contributed by atoms with Gasteiger partial charge < -0.3 is 70.4 Å². The van der Waals surface area contributed by atoms with E-state index in [1.54, 1.807) is 90.7 Å². The minimum absolute atomic E-state index is 0. The van der Waals surface area contributed by atoms with Crippen LogP contribution in [0.4, 0.5) is 72.6 Å². The summed E-state index contributed by atoms with van der Waals surface area (Å²) in [4.78, 5) is 122. The number of benzene rings is 8. The molecule has 0 bridgehead atoms. The van der Waals surface area contributed by atoms with Gasteiger partial charge in [0.2, 0.25) is 0 Å². The van der Waals surface area contributed by atoms with Crippen LogP contribution in [0.2, 0.25) is 0 Å². The molecule has 8 aromatic rings. The van der Waals surface area contributed by atoms with Crippen molar-refractivity contribution in [2.75, 3.05) is 93.0 Å². The van der Waals surface area contributed by atoms with E-state index in [-0.39, 0.29) is 99.6 Å². The summed E-state index contributed by atoms with van der Waals surface area (Å²) >= 11 is 0. The fraction of sp³-hybridized carbons (Fsp3) is 0.188. The summed E-state index contributed by atoms with van der Waals surface area (Å²) in [5, 5.41) is 40.4. The van der Waals surface area contributed by atoms with E-state index >= 15 is 0 Å². The van der Waals surface area contributed by atoms with E-state index in [1.807, 2.05) is 66.1 Å². The van der Waals surface area contributed by atoms with Gasteiger partial charge in [-0.25, -0.2) is 28.8 Å². The number of nitro groups is 2. The number of amides is 2. The number of methoxy groups -OCH3 is 5. The van der Waals surface area contributed by atoms with Gasteiger partial charge in [-0.2, -0.15) is 0 Å². The number of alkyl halides is 1. The largest absolute Gasteiger partial charge is 1.00 e. The number of carbonyl (C=O) groups is 8. The third kappa shape index (κ3) is 19.6. The summed E-state index contributed by atoms with van der Waals surface area (Å²) in [6.45, 7) is 7.53. The van der Waals surface area contributed by atoms with Crippen LogP contribution in [0.25, 0.3) is 0 Å². The number of carboxylic acid groups (broad SMARTS) is 1. The van der Waals surface area contributed by atoms with E-state index in [4.69, 9.17) is 16.0 Å². The predicted octanol–water partition coefficient (Wildman–Crippen LogP) is 9.77. The molecular weight excluding hydrogens is 1290 g/mol. The molecule has 7 N–H and O–H groups in total. The summed E-state index contributed by atoms with van der Waals surface area (Å²) in [5.41, 5.74) is 7.41. The van der Waals surface area contributed by atoms with E-state index in [0.717, 1.165) is 34.9 Å².